The standard InChI is InChI=1S/C16H15N3O2/c1-11-6-3-4-8-14(11)19-9-5-7-12(19)10-13-15(20)18(2)16(21)17-13/h3-10H,1-2H3,(H,17,21)/b13-10+. The Balaban J connectivity index is 2.03. The van der Waals surface area contributed by atoms with E-state index >= 15 is 0 Å². The third-order valence-corrected chi connectivity index (χ3v) is 3.53. The molecular formula is C16H15N3O2. The number of aryl methyl sites for hydroxylation is 1. The highest BCUT2D eigenvalue weighted by Crippen LogP contribution is 2.19. The van der Waals surface area contributed by atoms with Crippen LogP contribution in [0.15, 0.2) is 48.3 Å². The lowest BCUT2D eigenvalue weighted by Gasteiger charge is -2.10. The molecule has 1 N–H and O–H groups in total. The third-order valence-electron chi connectivity index (χ3n) is 3.53. The number of imide groups is 1. The largest absolute Gasteiger partial charge is 0.328 e. The molecule has 0 bridgehead atoms. The number of hydrogen-bond donors (Lipinski definition) is 1. The molecule has 2 heterocycles. The van der Waals surface area contributed by atoms with Gasteiger partial charge in [-0.05, 0) is 36.8 Å². The monoisotopic (exact) mass is 281 g/mol. The van der Waals surface area contributed by atoms with Crippen LogP contribution in [0.3, 0.4) is 0 Å². The molecule has 0 aliphatic carbocycles. The van der Waals surface area contributed by atoms with Crippen molar-refractivity contribution in [3.8, 4) is 5.69 Å². The van der Waals surface area contributed by atoms with E-state index in [1.165, 1.54) is 7.05 Å². The van der Waals surface area contributed by atoms with Gasteiger partial charge in [-0.1, -0.05) is 18.2 Å². The van der Waals surface area contributed by atoms with E-state index in [4.69, 9.17) is 0 Å². The second kappa shape index (κ2) is 4.94. The van der Waals surface area contributed by atoms with Crippen molar-refractivity contribution < 1.29 is 9.59 Å². The molecule has 5 nitrogen and oxygen atoms in total. The van der Waals surface area contributed by atoms with Crippen LogP contribution in [0.5, 0.6) is 0 Å². The molecule has 1 aliphatic rings. The van der Waals surface area contributed by atoms with E-state index in [0.29, 0.717) is 0 Å². The molecule has 1 fully saturated rings. The zero-order chi connectivity index (χ0) is 15.0. The van der Waals surface area contributed by atoms with Crippen LogP contribution in [0, 0.1) is 6.92 Å². The van der Waals surface area contributed by atoms with Crippen LogP contribution in [-0.2, 0) is 4.79 Å². The molecule has 0 radical (unpaired) electrons. The summed E-state index contributed by atoms with van der Waals surface area (Å²) in [6.07, 6.45) is 3.62. The number of likely N-dealkylation sites (N-methyl/N-ethyl adjacent to an activating group) is 1. The summed E-state index contributed by atoms with van der Waals surface area (Å²) in [5.74, 6) is -0.322. The van der Waals surface area contributed by atoms with Crippen LogP contribution in [-0.4, -0.2) is 28.5 Å². The molecule has 5 heteroatoms. The molecule has 2 aromatic rings. The van der Waals surface area contributed by atoms with Crippen molar-refractivity contribution >= 4 is 18.0 Å². The van der Waals surface area contributed by atoms with Crippen molar-refractivity contribution in [3.63, 3.8) is 0 Å². The molecule has 0 unspecified atom stereocenters. The first-order valence-corrected chi connectivity index (χ1v) is 6.62. The first-order valence-electron chi connectivity index (χ1n) is 6.62. The first-order chi connectivity index (χ1) is 10.1. The van der Waals surface area contributed by atoms with Crippen LogP contribution < -0.4 is 5.32 Å². The van der Waals surface area contributed by atoms with Gasteiger partial charge in [-0.15, -0.1) is 0 Å². The smallest absolute Gasteiger partial charge is 0.317 e. The van der Waals surface area contributed by atoms with E-state index < -0.39 is 6.03 Å². The molecule has 1 aliphatic heterocycles. The molecule has 0 spiro atoms. The van der Waals surface area contributed by atoms with Crippen LogP contribution in [0.4, 0.5) is 4.79 Å². The first kappa shape index (κ1) is 13.2. The van der Waals surface area contributed by atoms with Crippen molar-refractivity contribution in [1.82, 2.24) is 14.8 Å². The predicted molar refractivity (Wildman–Crippen MR) is 79.8 cm³/mol. The average molecular weight is 281 g/mol. The Kier molecular flexibility index (Phi) is 3.10. The summed E-state index contributed by atoms with van der Waals surface area (Å²) in [6.45, 7) is 2.03. The maximum atomic E-state index is 11.9. The number of urea groups is 1. The summed E-state index contributed by atoms with van der Waals surface area (Å²) >= 11 is 0. The second-order valence-corrected chi connectivity index (χ2v) is 4.94. The van der Waals surface area contributed by atoms with E-state index in [-0.39, 0.29) is 11.6 Å². The van der Waals surface area contributed by atoms with Gasteiger partial charge in [-0.3, -0.25) is 9.69 Å². The van der Waals surface area contributed by atoms with E-state index in [2.05, 4.69) is 5.32 Å². The fraction of sp³-hybridized carbons (Fsp3) is 0.125. The summed E-state index contributed by atoms with van der Waals surface area (Å²) in [5.41, 5.74) is 3.30. The number of nitrogens with one attached hydrogen (secondary N) is 1. The maximum Gasteiger partial charge on any atom is 0.328 e. The highest BCUT2D eigenvalue weighted by atomic mass is 16.2. The molecule has 21 heavy (non-hydrogen) atoms. The van der Waals surface area contributed by atoms with Gasteiger partial charge in [0.25, 0.3) is 5.91 Å². The highest BCUT2D eigenvalue weighted by Gasteiger charge is 2.30. The average Bonchev–Trinajstić information content (AvgIpc) is 3.01. The summed E-state index contributed by atoms with van der Waals surface area (Å²) in [7, 11) is 1.46. The van der Waals surface area contributed by atoms with Crippen molar-refractivity contribution in [1.29, 1.82) is 0 Å². The number of aromatic nitrogens is 1. The minimum atomic E-state index is -0.403. The zero-order valence-electron chi connectivity index (χ0n) is 11.8. The van der Waals surface area contributed by atoms with Gasteiger partial charge in [0, 0.05) is 24.6 Å². The minimum Gasteiger partial charge on any atom is -0.317 e. The molecule has 106 valence electrons. The number of para-hydroxylation sites is 1. The number of benzene rings is 1. The van der Waals surface area contributed by atoms with Crippen LogP contribution in [0.25, 0.3) is 11.8 Å². The Bertz CT molecular complexity index is 758. The summed E-state index contributed by atoms with van der Waals surface area (Å²) < 4.78 is 1.99. The van der Waals surface area contributed by atoms with Gasteiger partial charge in [0.2, 0.25) is 0 Å². The normalized spacial score (nSPS) is 16.7. The van der Waals surface area contributed by atoms with E-state index in [1.54, 1.807) is 6.08 Å². The van der Waals surface area contributed by atoms with Gasteiger partial charge in [-0.25, -0.2) is 4.79 Å². The minimum absolute atomic E-state index is 0.288. The molecule has 1 aromatic heterocycles. The van der Waals surface area contributed by atoms with Gasteiger partial charge in [0.1, 0.15) is 5.70 Å². The van der Waals surface area contributed by atoms with Gasteiger partial charge >= 0.3 is 6.03 Å². The molecule has 0 atom stereocenters. The Labute approximate surface area is 122 Å². The van der Waals surface area contributed by atoms with Crippen LogP contribution >= 0.6 is 0 Å². The number of hydrogen-bond acceptors (Lipinski definition) is 2. The quantitative estimate of drug-likeness (QED) is 0.678. The second-order valence-electron chi connectivity index (χ2n) is 4.94. The SMILES string of the molecule is Cc1ccccc1-n1cccc1/C=C1/NC(=O)N(C)C1=O. The van der Waals surface area contributed by atoms with Gasteiger partial charge in [-0.2, -0.15) is 0 Å². The fourth-order valence-electron chi connectivity index (χ4n) is 2.34. The number of carbonyl (C=O) groups is 2. The Morgan fingerprint density at radius 1 is 1.10 bits per heavy atom. The highest BCUT2D eigenvalue weighted by molar-refractivity contribution is 6.13. The van der Waals surface area contributed by atoms with Gasteiger partial charge < -0.3 is 9.88 Å². The van der Waals surface area contributed by atoms with Gasteiger partial charge in [0.05, 0.1) is 0 Å². The van der Waals surface area contributed by atoms with E-state index in [9.17, 15) is 9.59 Å². The molecular weight excluding hydrogens is 266 g/mol. The fourth-order valence-corrected chi connectivity index (χ4v) is 2.34. The summed E-state index contributed by atoms with van der Waals surface area (Å²) in [5, 5.41) is 2.57. The van der Waals surface area contributed by atoms with Crippen molar-refractivity contribution in [3.05, 3.63) is 59.5 Å². The Hall–Kier alpha value is -2.82. The Morgan fingerprint density at radius 3 is 2.52 bits per heavy atom. The lowest BCUT2D eigenvalue weighted by Crippen LogP contribution is -2.25. The molecule has 1 aromatic carbocycles. The number of carbonyl (C=O) groups excluding carboxylic acids is 2. The number of nitrogens with zero attached hydrogens (tertiary/aromatic N) is 2. The Morgan fingerprint density at radius 2 is 1.86 bits per heavy atom. The number of amides is 3. The predicted octanol–water partition coefficient (Wildman–Crippen LogP) is 2.31. The maximum absolute atomic E-state index is 11.9. The summed E-state index contributed by atoms with van der Waals surface area (Å²) in [4.78, 5) is 24.5. The van der Waals surface area contributed by atoms with Crippen LogP contribution in [0.1, 0.15) is 11.3 Å². The zero-order valence-corrected chi connectivity index (χ0v) is 11.8. The number of rotatable bonds is 2. The van der Waals surface area contributed by atoms with Crippen LogP contribution in [0.2, 0.25) is 0 Å². The molecule has 3 rings (SSSR count). The lowest BCUT2D eigenvalue weighted by molar-refractivity contribution is -0.121. The van der Waals surface area contributed by atoms with E-state index in [0.717, 1.165) is 21.8 Å². The third kappa shape index (κ3) is 2.23. The van der Waals surface area contributed by atoms with Gasteiger partial charge in [0.15, 0.2) is 0 Å². The van der Waals surface area contributed by atoms with Crippen molar-refractivity contribution in [2.45, 2.75) is 6.92 Å². The molecule has 0 saturated carbocycles. The van der Waals surface area contributed by atoms with Crippen molar-refractivity contribution in [2.75, 3.05) is 7.05 Å². The summed E-state index contributed by atoms with van der Waals surface area (Å²) in [6, 6.07) is 11.4. The molecule has 3 amide bonds. The van der Waals surface area contributed by atoms with Crippen molar-refractivity contribution in [2.24, 2.45) is 0 Å². The topological polar surface area (TPSA) is 54.3 Å². The lowest BCUT2D eigenvalue weighted by atomic mass is 10.2. The molecule has 1 saturated heterocycles. The van der Waals surface area contributed by atoms with E-state index in [1.807, 2.05) is 54.1 Å².